The number of nitrogens with one attached hydrogen (secondary N) is 2. The number of ether oxygens (including phenoxy) is 2. The Morgan fingerprint density at radius 2 is 1.78 bits per heavy atom. The third-order valence-corrected chi connectivity index (χ3v) is 3.98. The minimum Gasteiger partial charge on any atom is -0.454 e. The molecule has 13 heteroatoms. The number of anilines is 1. The Balaban J connectivity index is 1.83. The van der Waals surface area contributed by atoms with Crippen LogP contribution in [0.25, 0.3) is 0 Å². The second-order valence-corrected chi connectivity index (χ2v) is 6.40. The predicted octanol–water partition coefficient (Wildman–Crippen LogP) is 3.87. The molecule has 172 valence electrons. The van der Waals surface area contributed by atoms with Gasteiger partial charge in [0.05, 0.1) is 16.3 Å². The highest BCUT2D eigenvalue weighted by molar-refractivity contribution is 6.33. The Morgan fingerprint density at radius 1 is 1.06 bits per heavy atom. The molecular weight excluding hydrogens is 467 g/mol. The average Bonchev–Trinajstić information content (AvgIpc) is 2.71. The van der Waals surface area contributed by atoms with E-state index in [1.54, 1.807) is 0 Å². The fourth-order valence-corrected chi connectivity index (χ4v) is 2.41. The largest absolute Gasteiger partial charge is 0.454 e. The van der Waals surface area contributed by atoms with Crippen LogP contribution in [0.2, 0.25) is 5.02 Å². The summed E-state index contributed by atoms with van der Waals surface area (Å²) in [6.45, 7) is -4.62. The van der Waals surface area contributed by atoms with E-state index in [-0.39, 0.29) is 22.0 Å². The maximum absolute atomic E-state index is 12.7. The first kappa shape index (κ1) is 24.9. The van der Waals surface area contributed by atoms with E-state index in [1.165, 1.54) is 18.2 Å². The normalized spacial score (nSPS) is 11.1. The van der Waals surface area contributed by atoms with Crippen molar-refractivity contribution in [2.24, 2.45) is 0 Å². The van der Waals surface area contributed by atoms with Crippen molar-refractivity contribution in [1.29, 1.82) is 0 Å². The third kappa shape index (κ3) is 7.69. The first-order chi connectivity index (χ1) is 15.0. The number of alkyl halides is 5. The molecule has 0 heterocycles. The highest BCUT2D eigenvalue weighted by atomic mass is 35.5. The van der Waals surface area contributed by atoms with Gasteiger partial charge in [-0.1, -0.05) is 17.7 Å². The lowest BCUT2D eigenvalue weighted by Gasteiger charge is -2.12. The van der Waals surface area contributed by atoms with E-state index in [9.17, 15) is 36.3 Å². The molecule has 0 aliphatic carbocycles. The highest BCUT2D eigenvalue weighted by Gasteiger charge is 2.31. The van der Waals surface area contributed by atoms with Gasteiger partial charge < -0.3 is 20.1 Å². The minimum atomic E-state index is -4.65. The SMILES string of the molecule is O=C(COC(=O)CNC(=O)c1cccc(OC(F)F)c1)Nc1cc(C(F)(F)F)ccc1Cl. The van der Waals surface area contributed by atoms with Crippen LogP contribution in [0.3, 0.4) is 0 Å². The van der Waals surface area contributed by atoms with E-state index in [4.69, 9.17) is 11.6 Å². The molecule has 0 spiro atoms. The van der Waals surface area contributed by atoms with Crippen LogP contribution in [0.15, 0.2) is 42.5 Å². The van der Waals surface area contributed by atoms with Gasteiger partial charge in [0.2, 0.25) is 0 Å². The maximum atomic E-state index is 12.7. The minimum absolute atomic E-state index is 0.0760. The molecule has 0 saturated heterocycles. The van der Waals surface area contributed by atoms with Gasteiger partial charge in [-0.3, -0.25) is 14.4 Å². The fraction of sp³-hybridized carbons (Fsp3) is 0.211. The summed E-state index contributed by atoms with van der Waals surface area (Å²) in [5.74, 6) is -3.08. The summed E-state index contributed by atoms with van der Waals surface area (Å²) < 4.78 is 71.4. The number of amides is 2. The average molecular weight is 481 g/mol. The Morgan fingerprint density at radius 3 is 2.44 bits per heavy atom. The van der Waals surface area contributed by atoms with E-state index in [0.717, 1.165) is 18.2 Å². The molecule has 0 aliphatic rings. The van der Waals surface area contributed by atoms with Gasteiger partial charge in [0.1, 0.15) is 12.3 Å². The molecule has 0 aliphatic heterocycles. The zero-order chi connectivity index (χ0) is 23.9. The molecule has 0 fully saturated rings. The van der Waals surface area contributed by atoms with Crippen molar-refractivity contribution < 1.29 is 45.8 Å². The molecule has 32 heavy (non-hydrogen) atoms. The van der Waals surface area contributed by atoms with Crippen molar-refractivity contribution in [2.45, 2.75) is 12.8 Å². The lowest BCUT2D eigenvalue weighted by atomic mass is 10.2. The molecule has 0 bridgehead atoms. The number of halogens is 6. The first-order valence-electron chi connectivity index (χ1n) is 8.61. The van der Waals surface area contributed by atoms with Gasteiger partial charge in [0.25, 0.3) is 11.8 Å². The number of hydrogen-bond donors (Lipinski definition) is 2. The number of carbonyl (C=O) groups is 3. The van der Waals surface area contributed by atoms with Crippen LogP contribution in [-0.4, -0.2) is 37.5 Å². The van der Waals surface area contributed by atoms with Crippen molar-refractivity contribution >= 4 is 35.1 Å². The van der Waals surface area contributed by atoms with E-state index in [2.05, 4.69) is 20.1 Å². The smallest absolute Gasteiger partial charge is 0.416 e. The van der Waals surface area contributed by atoms with E-state index >= 15 is 0 Å². The summed E-state index contributed by atoms with van der Waals surface area (Å²) in [5, 5.41) is 4.07. The van der Waals surface area contributed by atoms with Crippen LogP contribution in [0.5, 0.6) is 5.75 Å². The Bertz CT molecular complexity index is 1000. The Hall–Kier alpha value is -3.41. The molecule has 2 aromatic rings. The number of rotatable bonds is 8. The molecule has 0 saturated carbocycles. The van der Waals surface area contributed by atoms with E-state index < -0.39 is 49.3 Å². The van der Waals surface area contributed by atoms with Gasteiger partial charge in [-0.2, -0.15) is 22.0 Å². The summed E-state index contributed by atoms with van der Waals surface area (Å²) in [5.41, 5.74) is -1.45. The summed E-state index contributed by atoms with van der Waals surface area (Å²) in [6, 6.07) is 7.10. The second-order valence-electron chi connectivity index (χ2n) is 5.99. The van der Waals surface area contributed by atoms with Crippen molar-refractivity contribution in [2.75, 3.05) is 18.5 Å². The van der Waals surface area contributed by atoms with Crippen LogP contribution in [-0.2, 0) is 20.5 Å². The van der Waals surface area contributed by atoms with Crippen LogP contribution in [0.1, 0.15) is 15.9 Å². The monoisotopic (exact) mass is 480 g/mol. The van der Waals surface area contributed by atoms with Crippen molar-refractivity contribution in [3.05, 3.63) is 58.6 Å². The quantitative estimate of drug-likeness (QED) is 0.442. The van der Waals surface area contributed by atoms with Crippen LogP contribution in [0, 0.1) is 0 Å². The summed E-state index contributed by atoms with van der Waals surface area (Å²) in [7, 11) is 0. The molecule has 0 aromatic heterocycles. The molecular formula is C19H14ClF5N2O5. The summed E-state index contributed by atoms with van der Waals surface area (Å²) in [4.78, 5) is 35.5. The number of benzene rings is 2. The van der Waals surface area contributed by atoms with Crippen molar-refractivity contribution in [3.8, 4) is 5.75 Å². The first-order valence-corrected chi connectivity index (χ1v) is 8.99. The van der Waals surface area contributed by atoms with Crippen LogP contribution >= 0.6 is 11.6 Å². The van der Waals surface area contributed by atoms with Crippen LogP contribution < -0.4 is 15.4 Å². The molecule has 0 radical (unpaired) electrons. The fourth-order valence-electron chi connectivity index (χ4n) is 2.25. The predicted molar refractivity (Wildman–Crippen MR) is 101 cm³/mol. The van der Waals surface area contributed by atoms with E-state index in [0.29, 0.717) is 6.07 Å². The number of hydrogen-bond acceptors (Lipinski definition) is 5. The lowest BCUT2D eigenvalue weighted by molar-refractivity contribution is -0.146. The lowest BCUT2D eigenvalue weighted by Crippen LogP contribution is -2.32. The van der Waals surface area contributed by atoms with Crippen molar-refractivity contribution in [1.82, 2.24) is 5.32 Å². The molecule has 2 rings (SSSR count). The van der Waals surface area contributed by atoms with Gasteiger partial charge in [0.15, 0.2) is 6.61 Å². The zero-order valence-corrected chi connectivity index (χ0v) is 16.6. The molecule has 2 amide bonds. The van der Waals surface area contributed by atoms with Gasteiger partial charge >= 0.3 is 18.8 Å². The molecule has 0 unspecified atom stereocenters. The molecule has 0 atom stereocenters. The highest BCUT2D eigenvalue weighted by Crippen LogP contribution is 2.33. The standard InChI is InChI=1S/C19H14ClF5N2O5/c20-13-5-4-11(19(23,24)25)7-14(13)27-15(28)9-31-16(29)8-26-17(30)10-2-1-3-12(6-10)32-18(21)22/h1-7,18H,8-9H2,(H,26,30)(H,27,28). The van der Waals surface area contributed by atoms with Gasteiger partial charge in [0, 0.05) is 5.56 Å². The summed E-state index contributed by atoms with van der Waals surface area (Å²) >= 11 is 5.75. The molecule has 2 N–H and O–H groups in total. The number of esters is 1. The number of carbonyl (C=O) groups excluding carboxylic acids is 3. The maximum Gasteiger partial charge on any atom is 0.416 e. The van der Waals surface area contributed by atoms with Gasteiger partial charge in [-0.25, -0.2) is 0 Å². The van der Waals surface area contributed by atoms with Crippen molar-refractivity contribution in [3.63, 3.8) is 0 Å². The Kier molecular flexibility index (Phi) is 8.35. The second kappa shape index (κ2) is 10.8. The molecule has 7 nitrogen and oxygen atoms in total. The van der Waals surface area contributed by atoms with Crippen LogP contribution in [0.4, 0.5) is 27.6 Å². The van der Waals surface area contributed by atoms with Gasteiger partial charge in [-0.15, -0.1) is 0 Å². The van der Waals surface area contributed by atoms with E-state index in [1.807, 2.05) is 0 Å². The summed E-state index contributed by atoms with van der Waals surface area (Å²) in [6.07, 6.45) is -4.65. The Labute approximate surface area is 182 Å². The zero-order valence-electron chi connectivity index (χ0n) is 15.8. The van der Waals surface area contributed by atoms with Gasteiger partial charge in [-0.05, 0) is 36.4 Å². The topological polar surface area (TPSA) is 93.7 Å². The molecule has 2 aromatic carbocycles. The third-order valence-electron chi connectivity index (χ3n) is 3.65.